The average molecular weight is 419 g/mol. The van der Waals surface area contributed by atoms with Gasteiger partial charge in [0.1, 0.15) is 0 Å². The Morgan fingerprint density at radius 1 is 1.15 bits per heavy atom. The normalized spacial score (nSPS) is 22.1. The maximum Gasteiger partial charge on any atom is 0.241 e. The molecule has 1 aliphatic rings. The molecule has 0 bridgehead atoms. The number of amides is 2. The Bertz CT molecular complexity index is 576. The van der Waals surface area contributed by atoms with Crippen LogP contribution in [-0.2, 0) is 16.1 Å². The van der Waals surface area contributed by atoms with Gasteiger partial charge in [-0.3, -0.25) is 14.5 Å². The van der Waals surface area contributed by atoms with Gasteiger partial charge < -0.3 is 16.0 Å². The van der Waals surface area contributed by atoms with E-state index in [2.05, 4.69) is 48.3 Å². The number of piperidine rings is 1. The zero-order chi connectivity index (χ0) is 18.4. The van der Waals surface area contributed by atoms with Gasteiger partial charge in [0.2, 0.25) is 11.8 Å². The highest BCUT2D eigenvalue weighted by Crippen LogP contribution is 2.27. The lowest BCUT2D eigenvalue weighted by Gasteiger charge is -2.45. The quantitative estimate of drug-likeness (QED) is 0.733. The van der Waals surface area contributed by atoms with Crippen molar-refractivity contribution in [1.29, 1.82) is 0 Å². The van der Waals surface area contributed by atoms with E-state index in [9.17, 15) is 9.59 Å². The molecule has 0 aromatic heterocycles. The van der Waals surface area contributed by atoms with Crippen molar-refractivity contribution in [2.45, 2.75) is 26.4 Å². The summed E-state index contributed by atoms with van der Waals surface area (Å²) in [5, 5.41) is 2.56. The summed E-state index contributed by atoms with van der Waals surface area (Å²) in [4.78, 5) is 27.9. The molecule has 1 aromatic rings. The second-order valence-corrected chi connectivity index (χ2v) is 7.11. The molecular formula is C19H32Cl2N4O2. The van der Waals surface area contributed by atoms with Gasteiger partial charge >= 0.3 is 0 Å². The van der Waals surface area contributed by atoms with Gasteiger partial charge in [-0.05, 0) is 17.4 Å². The zero-order valence-corrected chi connectivity index (χ0v) is 17.9. The lowest BCUT2D eigenvalue weighted by atomic mass is 9.84. The molecule has 0 saturated carbocycles. The lowest BCUT2D eigenvalue weighted by molar-refractivity contribution is -0.136. The van der Waals surface area contributed by atoms with E-state index < -0.39 is 0 Å². The van der Waals surface area contributed by atoms with Crippen molar-refractivity contribution in [2.75, 3.05) is 33.2 Å². The van der Waals surface area contributed by atoms with E-state index in [4.69, 9.17) is 5.73 Å². The van der Waals surface area contributed by atoms with E-state index in [1.165, 1.54) is 5.56 Å². The number of nitrogens with zero attached hydrogens (tertiary/aromatic N) is 2. The summed E-state index contributed by atoms with van der Waals surface area (Å²) >= 11 is 0. The predicted molar refractivity (Wildman–Crippen MR) is 113 cm³/mol. The molecule has 154 valence electrons. The van der Waals surface area contributed by atoms with Gasteiger partial charge in [-0.1, -0.05) is 44.2 Å². The molecule has 0 spiro atoms. The third kappa shape index (κ3) is 7.30. The minimum Gasteiger partial charge on any atom is -0.346 e. The molecule has 2 amide bonds. The van der Waals surface area contributed by atoms with Crippen LogP contribution in [0.4, 0.5) is 0 Å². The summed E-state index contributed by atoms with van der Waals surface area (Å²) in [6.07, 6.45) is 0. The maximum absolute atomic E-state index is 12.4. The molecule has 3 N–H and O–H groups in total. The Hall–Kier alpha value is -1.34. The van der Waals surface area contributed by atoms with Gasteiger partial charge in [0, 0.05) is 32.7 Å². The predicted octanol–water partition coefficient (Wildman–Crippen LogP) is 1.52. The largest absolute Gasteiger partial charge is 0.346 e. The molecule has 1 heterocycles. The summed E-state index contributed by atoms with van der Waals surface area (Å²) in [5.74, 6) is 0.362. The Balaban J connectivity index is 0.00000338. The van der Waals surface area contributed by atoms with Crippen molar-refractivity contribution >= 4 is 36.6 Å². The summed E-state index contributed by atoms with van der Waals surface area (Å²) in [6, 6.07) is 10.6. The Labute approximate surface area is 174 Å². The van der Waals surface area contributed by atoms with Gasteiger partial charge in [0.25, 0.3) is 0 Å². The molecule has 0 aliphatic carbocycles. The number of hydrogen-bond donors (Lipinski definition) is 2. The van der Waals surface area contributed by atoms with Crippen molar-refractivity contribution in [1.82, 2.24) is 15.1 Å². The Morgan fingerprint density at radius 3 is 2.22 bits per heavy atom. The Kier molecular flexibility index (Phi) is 11.6. The number of halogens is 2. The van der Waals surface area contributed by atoms with Crippen LogP contribution in [0.5, 0.6) is 0 Å². The van der Waals surface area contributed by atoms with Crippen LogP contribution >= 0.6 is 24.8 Å². The topological polar surface area (TPSA) is 78.7 Å². The van der Waals surface area contributed by atoms with Gasteiger partial charge in [-0.25, -0.2) is 0 Å². The molecule has 2 atom stereocenters. The summed E-state index contributed by atoms with van der Waals surface area (Å²) in [5.41, 5.74) is 6.57. The standard InChI is InChI=1S/C19H30N4O2.2ClH/c1-14-11-23(13-16-7-5-4-6-8-16)12-15(2)19(14)22(3)18(25)10-21-17(24)9-20;;/h4-8,14-15,19H,9-13,20H2,1-3H3,(H,21,24);2*1H. The van der Waals surface area contributed by atoms with Crippen LogP contribution < -0.4 is 11.1 Å². The molecule has 8 heteroatoms. The molecule has 1 fully saturated rings. The number of carbonyl (C=O) groups is 2. The molecule has 1 aliphatic heterocycles. The fraction of sp³-hybridized carbons (Fsp3) is 0.579. The smallest absolute Gasteiger partial charge is 0.241 e. The van der Waals surface area contributed by atoms with Crippen molar-refractivity contribution in [3.8, 4) is 0 Å². The SMILES string of the molecule is CC1CN(Cc2ccccc2)CC(C)C1N(C)C(=O)CNC(=O)CN.Cl.Cl. The number of rotatable bonds is 6. The number of likely N-dealkylation sites (N-methyl/N-ethyl adjacent to an activating group) is 1. The van der Waals surface area contributed by atoms with E-state index in [0.29, 0.717) is 11.8 Å². The fourth-order valence-corrected chi connectivity index (χ4v) is 3.94. The monoisotopic (exact) mass is 418 g/mol. The third-order valence-electron chi connectivity index (χ3n) is 4.97. The van der Waals surface area contributed by atoms with Crippen LogP contribution in [0.3, 0.4) is 0 Å². The van der Waals surface area contributed by atoms with Crippen LogP contribution in [0.1, 0.15) is 19.4 Å². The van der Waals surface area contributed by atoms with E-state index in [-0.39, 0.29) is 55.8 Å². The number of hydrogen-bond acceptors (Lipinski definition) is 4. The van der Waals surface area contributed by atoms with Gasteiger partial charge in [0.15, 0.2) is 0 Å². The van der Waals surface area contributed by atoms with E-state index in [0.717, 1.165) is 19.6 Å². The first-order chi connectivity index (χ1) is 11.9. The number of carbonyl (C=O) groups excluding carboxylic acids is 2. The fourth-order valence-electron chi connectivity index (χ4n) is 3.94. The first-order valence-electron chi connectivity index (χ1n) is 8.91. The highest BCUT2D eigenvalue weighted by molar-refractivity contribution is 5.86. The van der Waals surface area contributed by atoms with Gasteiger partial charge in [0.05, 0.1) is 13.1 Å². The first kappa shape index (κ1) is 25.7. The molecule has 1 saturated heterocycles. The Morgan fingerprint density at radius 2 is 1.70 bits per heavy atom. The molecule has 2 unspecified atom stereocenters. The molecular weight excluding hydrogens is 387 g/mol. The summed E-state index contributed by atoms with van der Waals surface area (Å²) < 4.78 is 0. The minimum atomic E-state index is -0.305. The highest BCUT2D eigenvalue weighted by Gasteiger charge is 2.36. The molecule has 1 aromatic carbocycles. The molecule has 2 rings (SSSR count). The zero-order valence-electron chi connectivity index (χ0n) is 16.3. The third-order valence-corrected chi connectivity index (χ3v) is 4.97. The van der Waals surface area contributed by atoms with Crippen molar-refractivity contribution in [3.05, 3.63) is 35.9 Å². The minimum absolute atomic E-state index is 0. The number of nitrogens with two attached hydrogens (primary N) is 1. The van der Waals surface area contributed by atoms with Crippen molar-refractivity contribution in [2.24, 2.45) is 17.6 Å². The second kappa shape index (κ2) is 12.2. The summed E-state index contributed by atoms with van der Waals surface area (Å²) in [7, 11) is 1.83. The molecule has 27 heavy (non-hydrogen) atoms. The highest BCUT2D eigenvalue weighted by atomic mass is 35.5. The first-order valence-corrected chi connectivity index (χ1v) is 8.91. The average Bonchev–Trinajstić information content (AvgIpc) is 2.59. The van der Waals surface area contributed by atoms with Gasteiger partial charge in [-0.2, -0.15) is 0 Å². The van der Waals surface area contributed by atoms with Crippen molar-refractivity contribution in [3.63, 3.8) is 0 Å². The van der Waals surface area contributed by atoms with Gasteiger partial charge in [-0.15, -0.1) is 24.8 Å². The van der Waals surface area contributed by atoms with E-state index in [1.54, 1.807) is 4.90 Å². The summed E-state index contributed by atoms with van der Waals surface area (Å²) in [6.45, 7) is 7.15. The van der Waals surface area contributed by atoms with Crippen LogP contribution in [0, 0.1) is 11.8 Å². The number of benzene rings is 1. The van der Waals surface area contributed by atoms with Crippen LogP contribution in [0.2, 0.25) is 0 Å². The number of likely N-dealkylation sites (tertiary alicyclic amines) is 1. The molecule has 6 nitrogen and oxygen atoms in total. The molecule has 0 radical (unpaired) electrons. The van der Waals surface area contributed by atoms with Crippen LogP contribution in [0.15, 0.2) is 30.3 Å². The maximum atomic E-state index is 12.4. The van der Waals surface area contributed by atoms with E-state index >= 15 is 0 Å². The van der Waals surface area contributed by atoms with E-state index in [1.807, 2.05) is 13.1 Å². The van der Waals surface area contributed by atoms with Crippen LogP contribution in [0.25, 0.3) is 0 Å². The van der Waals surface area contributed by atoms with Crippen LogP contribution in [-0.4, -0.2) is 60.9 Å². The van der Waals surface area contributed by atoms with Crippen molar-refractivity contribution < 1.29 is 9.59 Å². The number of nitrogens with one attached hydrogen (secondary N) is 1. The lowest BCUT2D eigenvalue weighted by Crippen LogP contribution is -2.56. The second-order valence-electron chi connectivity index (χ2n) is 7.11.